The number of nitrogens with one attached hydrogen (secondary N) is 2. The first-order valence-corrected chi connectivity index (χ1v) is 5.32. The van der Waals surface area contributed by atoms with E-state index in [1.807, 2.05) is 5.32 Å². The van der Waals surface area contributed by atoms with E-state index in [4.69, 9.17) is 4.74 Å². The van der Waals surface area contributed by atoms with Crippen molar-refractivity contribution >= 4 is 23.7 Å². The van der Waals surface area contributed by atoms with E-state index in [1.165, 1.54) is 7.11 Å². The lowest BCUT2D eigenvalue weighted by Crippen LogP contribution is -2.22. The molecule has 0 aromatic heterocycles. The lowest BCUT2D eigenvalue weighted by atomic mass is 10.1. The number of urea groups is 1. The highest BCUT2D eigenvalue weighted by atomic mass is 16.6. The lowest BCUT2D eigenvalue weighted by molar-refractivity contribution is -0.385. The minimum absolute atomic E-state index is 0.0246. The van der Waals surface area contributed by atoms with Crippen molar-refractivity contribution in [1.29, 1.82) is 0 Å². The monoisotopic (exact) mass is 279 g/mol. The molecule has 1 heterocycles. The molecule has 104 valence electrons. The van der Waals surface area contributed by atoms with Crippen LogP contribution in [0.3, 0.4) is 0 Å². The molecule has 1 aromatic carbocycles. The van der Waals surface area contributed by atoms with E-state index in [2.05, 4.69) is 5.32 Å². The third-order valence-electron chi connectivity index (χ3n) is 2.54. The normalized spacial score (nSPS) is 15.9. The predicted octanol–water partition coefficient (Wildman–Crippen LogP) is 0.489. The largest absolute Gasteiger partial charge is 0.504 e. The molecule has 0 unspecified atom stereocenters. The number of hydrogen-bond acceptors (Lipinski definition) is 6. The third kappa shape index (κ3) is 2.36. The highest BCUT2D eigenvalue weighted by Crippen LogP contribution is 2.35. The van der Waals surface area contributed by atoms with Crippen LogP contribution in [0, 0.1) is 10.1 Å². The second-order valence-corrected chi connectivity index (χ2v) is 3.81. The smallest absolute Gasteiger partial charge is 0.326 e. The summed E-state index contributed by atoms with van der Waals surface area (Å²) in [6.45, 7) is 0. The predicted molar refractivity (Wildman–Crippen MR) is 66.0 cm³/mol. The molecule has 0 atom stereocenters. The van der Waals surface area contributed by atoms with Gasteiger partial charge in [-0.15, -0.1) is 0 Å². The van der Waals surface area contributed by atoms with Crippen LogP contribution in [-0.4, -0.2) is 29.1 Å². The number of nitrogens with zero attached hydrogens (tertiary/aromatic N) is 1. The summed E-state index contributed by atoms with van der Waals surface area (Å²) in [5.41, 5.74) is -0.479. The number of phenols is 1. The molecule has 20 heavy (non-hydrogen) atoms. The second-order valence-electron chi connectivity index (χ2n) is 3.81. The van der Waals surface area contributed by atoms with Crippen LogP contribution in [0.2, 0.25) is 0 Å². The molecule has 1 aliphatic rings. The molecular weight excluding hydrogens is 270 g/mol. The molecule has 3 N–H and O–H groups in total. The van der Waals surface area contributed by atoms with Crippen LogP contribution in [-0.2, 0) is 4.79 Å². The van der Waals surface area contributed by atoms with Gasteiger partial charge in [0.2, 0.25) is 0 Å². The highest BCUT2D eigenvalue weighted by Gasteiger charge is 2.24. The van der Waals surface area contributed by atoms with Crippen LogP contribution in [0.25, 0.3) is 6.08 Å². The number of nitro groups is 1. The number of benzene rings is 1. The number of carbonyl (C=O) groups is 2. The maximum Gasteiger partial charge on any atom is 0.326 e. The Bertz CT molecular complexity index is 652. The number of methoxy groups -OCH3 is 1. The molecule has 3 amide bonds. The van der Waals surface area contributed by atoms with Gasteiger partial charge in [0.15, 0.2) is 11.5 Å². The van der Waals surface area contributed by atoms with Gasteiger partial charge in [0.25, 0.3) is 11.6 Å². The van der Waals surface area contributed by atoms with Crippen molar-refractivity contribution < 1.29 is 24.4 Å². The van der Waals surface area contributed by atoms with Gasteiger partial charge < -0.3 is 15.2 Å². The second kappa shape index (κ2) is 4.88. The van der Waals surface area contributed by atoms with Crippen molar-refractivity contribution in [3.05, 3.63) is 33.5 Å². The molecular formula is C11H9N3O6. The molecule has 9 nitrogen and oxygen atoms in total. The molecule has 1 aromatic rings. The number of non-ortho nitro benzene ring substituents is 1. The average molecular weight is 279 g/mol. The Morgan fingerprint density at radius 1 is 1.35 bits per heavy atom. The highest BCUT2D eigenvalue weighted by molar-refractivity contribution is 6.14. The number of phenolic OH excluding ortho intramolecular Hbond substituents is 1. The van der Waals surface area contributed by atoms with Crippen molar-refractivity contribution in [3.8, 4) is 11.5 Å². The average Bonchev–Trinajstić information content (AvgIpc) is 2.70. The minimum Gasteiger partial charge on any atom is -0.504 e. The summed E-state index contributed by atoms with van der Waals surface area (Å²) in [5, 5.41) is 24.8. The standard InChI is InChI=1S/C11H9N3O6/c1-20-8-4-6(14(18)19)2-5(9(8)15)3-7-10(16)13-11(17)12-7/h2-4,15H,1H3,(H2,12,13,16,17). The van der Waals surface area contributed by atoms with Gasteiger partial charge in [-0.05, 0) is 6.08 Å². The minimum atomic E-state index is -0.710. The number of rotatable bonds is 3. The first-order chi connectivity index (χ1) is 9.42. The molecule has 0 spiro atoms. The Morgan fingerprint density at radius 2 is 2.05 bits per heavy atom. The molecule has 0 radical (unpaired) electrons. The van der Waals surface area contributed by atoms with E-state index in [1.54, 1.807) is 0 Å². The Balaban J connectivity index is 2.53. The van der Waals surface area contributed by atoms with Gasteiger partial charge in [0.1, 0.15) is 5.70 Å². The molecule has 0 saturated carbocycles. The fraction of sp³-hybridized carbons (Fsp3) is 0.0909. The molecule has 1 aliphatic heterocycles. The molecule has 0 aliphatic carbocycles. The SMILES string of the molecule is COc1cc([N+](=O)[O-])cc(C=C2NC(=O)NC2=O)c1O. The first-order valence-electron chi connectivity index (χ1n) is 5.32. The Labute approximate surface area is 112 Å². The summed E-state index contributed by atoms with van der Waals surface area (Å²) in [6, 6.07) is 1.39. The Kier molecular flexibility index (Phi) is 3.25. The van der Waals surface area contributed by atoms with E-state index in [0.717, 1.165) is 18.2 Å². The van der Waals surface area contributed by atoms with Crippen LogP contribution in [0.1, 0.15) is 5.56 Å². The fourth-order valence-electron chi connectivity index (χ4n) is 1.62. The zero-order chi connectivity index (χ0) is 14.9. The topological polar surface area (TPSA) is 131 Å². The van der Waals surface area contributed by atoms with E-state index < -0.39 is 16.9 Å². The molecule has 2 rings (SSSR count). The van der Waals surface area contributed by atoms with Gasteiger partial charge in [-0.1, -0.05) is 0 Å². The number of ether oxygens (including phenoxy) is 1. The number of hydrogen-bond donors (Lipinski definition) is 3. The van der Waals surface area contributed by atoms with Gasteiger partial charge in [0, 0.05) is 11.6 Å². The van der Waals surface area contributed by atoms with E-state index in [0.29, 0.717) is 0 Å². The van der Waals surface area contributed by atoms with Crippen LogP contribution in [0.5, 0.6) is 11.5 Å². The molecule has 1 fully saturated rings. The maximum absolute atomic E-state index is 11.4. The van der Waals surface area contributed by atoms with Crippen LogP contribution >= 0.6 is 0 Å². The van der Waals surface area contributed by atoms with Crippen LogP contribution in [0.4, 0.5) is 10.5 Å². The van der Waals surface area contributed by atoms with E-state index in [9.17, 15) is 24.8 Å². The van der Waals surface area contributed by atoms with Gasteiger partial charge >= 0.3 is 6.03 Å². The van der Waals surface area contributed by atoms with Crippen molar-refractivity contribution in [2.75, 3.05) is 7.11 Å². The van der Waals surface area contributed by atoms with Crippen molar-refractivity contribution in [2.24, 2.45) is 0 Å². The van der Waals surface area contributed by atoms with Gasteiger partial charge in [-0.25, -0.2) is 4.79 Å². The molecule has 9 heteroatoms. The summed E-state index contributed by atoms with van der Waals surface area (Å²) in [7, 11) is 1.24. The Morgan fingerprint density at radius 3 is 2.55 bits per heavy atom. The summed E-state index contributed by atoms with van der Waals surface area (Å²) in [5.74, 6) is -1.18. The zero-order valence-electron chi connectivity index (χ0n) is 10.2. The number of aromatic hydroxyl groups is 1. The number of carbonyl (C=O) groups excluding carboxylic acids is 2. The van der Waals surface area contributed by atoms with Crippen molar-refractivity contribution in [2.45, 2.75) is 0 Å². The molecule has 0 bridgehead atoms. The third-order valence-corrected chi connectivity index (χ3v) is 2.54. The maximum atomic E-state index is 11.4. The zero-order valence-corrected chi connectivity index (χ0v) is 10.2. The Hall–Kier alpha value is -3.10. The van der Waals surface area contributed by atoms with Crippen molar-refractivity contribution in [1.82, 2.24) is 10.6 Å². The first kappa shape index (κ1) is 13.3. The summed E-state index contributed by atoms with van der Waals surface area (Å²) >= 11 is 0. The van der Waals surface area contributed by atoms with E-state index >= 15 is 0 Å². The van der Waals surface area contributed by atoms with Gasteiger partial charge in [-0.3, -0.25) is 20.2 Å². The lowest BCUT2D eigenvalue weighted by Gasteiger charge is -2.06. The molecule has 1 saturated heterocycles. The van der Waals surface area contributed by atoms with Gasteiger partial charge in [0.05, 0.1) is 18.1 Å². The number of nitro benzene ring substituents is 1. The summed E-state index contributed by atoms with van der Waals surface area (Å²) in [6.07, 6.45) is 1.12. The number of imide groups is 1. The van der Waals surface area contributed by atoms with E-state index in [-0.39, 0.29) is 28.4 Å². The van der Waals surface area contributed by atoms with Gasteiger partial charge in [-0.2, -0.15) is 0 Å². The summed E-state index contributed by atoms with van der Waals surface area (Å²) < 4.78 is 4.82. The van der Waals surface area contributed by atoms with Crippen LogP contribution < -0.4 is 15.4 Å². The van der Waals surface area contributed by atoms with Crippen molar-refractivity contribution in [3.63, 3.8) is 0 Å². The quantitative estimate of drug-likeness (QED) is 0.319. The van der Waals surface area contributed by atoms with Crippen LogP contribution in [0.15, 0.2) is 17.8 Å². The summed E-state index contributed by atoms with van der Waals surface area (Å²) in [4.78, 5) is 32.4. The fourth-order valence-corrected chi connectivity index (χ4v) is 1.62. The number of amides is 3.